The number of halogens is 4. The Kier molecular flexibility index (Phi) is 4.00. The number of rotatable bonds is 3. The van der Waals surface area contributed by atoms with E-state index in [0.717, 1.165) is 9.37 Å². The third-order valence-electron chi connectivity index (χ3n) is 2.86. The Morgan fingerprint density at radius 3 is 2.30 bits per heavy atom. The first kappa shape index (κ1) is 15.2. The van der Waals surface area contributed by atoms with Crippen molar-refractivity contribution in [3.63, 3.8) is 0 Å². The summed E-state index contributed by atoms with van der Waals surface area (Å²) in [5.74, 6) is -0.842. The molecule has 2 rings (SSSR count). The van der Waals surface area contributed by atoms with E-state index in [4.69, 9.17) is 4.74 Å². The van der Waals surface area contributed by atoms with Gasteiger partial charge in [-0.1, -0.05) is 15.9 Å². The Labute approximate surface area is 122 Å². The molecule has 1 aliphatic heterocycles. The number of carbonyl (C=O) groups is 1. The first-order chi connectivity index (χ1) is 9.21. The average Bonchev–Trinajstić information content (AvgIpc) is 3.04. The van der Waals surface area contributed by atoms with E-state index in [1.54, 1.807) is 26.0 Å². The van der Waals surface area contributed by atoms with Gasteiger partial charge in [0.25, 0.3) is 0 Å². The molecule has 1 aromatic rings. The molecule has 0 unspecified atom stereocenters. The van der Waals surface area contributed by atoms with Gasteiger partial charge in [0.05, 0.1) is 6.10 Å². The minimum atomic E-state index is -4.46. The largest absolute Gasteiger partial charge is 0.461 e. The molecule has 0 spiro atoms. The number of carbonyl (C=O) groups excluding carboxylic acids is 1. The van der Waals surface area contributed by atoms with Crippen LogP contribution in [0.25, 0.3) is 0 Å². The lowest BCUT2D eigenvalue weighted by Crippen LogP contribution is -2.25. The molecule has 7 heteroatoms. The molecular weight excluding hydrogens is 339 g/mol. The number of ether oxygens (including phenoxy) is 1. The molecule has 1 aromatic carbocycles. The maximum Gasteiger partial charge on any atom is 0.411 e. The first-order valence-electron chi connectivity index (χ1n) is 6.03. The van der Waals surface area contributed by atoms with Crippen LogP contribution in [-0.4, -0.2) is 30.3 Å². The number of anilines is 1. The normalized spacial score (nSPS) is 22.1. The van der Waals surface area contributed by atoms with Crippen LogP contribution < -0.4 is 4.90 Å². The minimum Gasteiger partial charge on any atom is -0.461 e. The summed E-state index contributed by atoms with van der Waals surface area (Å²) in [6.45, 7) is 3.21. The second kappa shape index (κ2) is 5.27. The van der Waals surface area contributed by atoms with Crippen LogP contribution in [0.4, 0.5) is 18.9 Å². The predicted octanol–water partition coefficient (Wildman–Crippen LogP) is 3.52. The van der Waals surface area contributed by atoms with E-state index >= 15 is 0 Å². The maximum atomic E-state index is 12.9. The molecule has 0 saturated carbocycles. The Morgan fingerprint density at radius 2 is 1.85 bits per heavy atom. The Hall–Kier alpha value is -1.24. The minimum absolute atomic E-state index is 0.348. The monoisotopic (exact) mass is 351 g/mol. The summed E-state index contributed by atoms with van der Waals surface area (Å²) in [5.41, 5.74) is 0.348. The van der Waals surface area contributed by atoms with E-state index in [9.17, 15) is 18.0 Å². The number of benzene rings is 1. The lowest BCUT2D eigenvalue weighted by molar-refractivity contribution is -0.152. The van der Waals surface area contributed by atoms with Crippen LogP contribution in [0.2, 0.25) is 0 Å². The SMILES string of the molecule is CC(C)OC(=O)[C@@H]1[C@H](C(F)(F)F)N1c1ccc(Br)cc1. The Balaban J connectivity index is 2.22. The second-order valence-corrected chi connectivity index (χ2v) is 5.72. The Morgan fingerprint density at radius 1 is 1.30 bits per heavy atom. The standard InChI is InChI=1S/C13H13BrF3NO2/c1-7(2)20-12(19)10-11(13(15,16)17)18(10)9-5-3-8(14)4-6-9/h3-7,10-11H,1-2H3/t10-,11+,18?/m0/s1. The molecule has 0 amide bonds. The zero-order valence-corrected chi connectivity index (χ0v) is 12.4. The highest BCUT2D eigenvalue weighted by Crippen LogP contribution is 2.45. The molecule has 1 aliphatic rings. The molecule has 110 valence electrons. The number of hydrogen-bond acceptors (Lipinski definition) is 3. The number of nitrogens with zero attached hydrogens (tertiary/aromatic N) is 1. The highest BCUT2D eigenvalue weighted by molar-refractivity contribution is 9.10. The van der Waals surface area contributed by atoms with Gasteiger partial charge in [0.15, 0.2) is 12.1 Å². The fourth-order valence-corrected chi connectivity index (χ4v) is 2.31. The van der Waals surface area contributed by atoms with Crippen LogP contribution in [0.15, 0.2) is 28.7 Å². The molecule has 1 heterocycles. The molecule has 0 aromatic heterocycles. The number of esters is 1. The number of hydrogen-bond donors (Lipinski definition) is 0. The number of alkyl halides is 3. The van der Waals surface area contributed by atoms with Crippen LogP contribution in [0, 0.1) is 0 Å². The van der Waals surface area contributed by atoms with Crippen molar-refractivity contribution in [3.8, 4) is 0 Å². The summed E-state index contributed by atoms with van der Waals surface area (Å²) >= 11 is 3.21. The van der Waals surface area contributed by atoms with Crippen LogP contribution in [0.1, 0.15) is 13.8 Å². The van der Waals surface area contributed by atoms with E-state index in [1.165, 1.54) is 12.1 Å². The molecule has 0 bridgehead atoms. The van der Waals surface area contributed by atoms with Crippen LogP contribution in [0.5, 0.6) is 0 Å². The lowest BCUT2D eigenvalue weighted by atomic mass is 10.3. The summed E-state index contributed by atoms with van der Waals surface area (Å²) in [6, 6.07) is 3.22. The fraction of sp³-hybridized carbons (Fsp3) is 0.462. The zero-order chi connectivity index (χ0) is 15.1. The molecule has 3 nitrogen and oxygen atoms in total. The summed E-state index contributed by atoms with van der Waals surface area (Å²) in [6.07, 6.45) is -4.91. The average molecular weight is 352 g/mol. The van der Waals surface area contributed by atoms with E-state index < -0.39 is 30.3 Å². The molecule has 0 aliphatic carbocycles. The van der Waals surface area contributed by atoms with Crippen molar-refractivity contribution in [2.24, 2.45) is 0 Å². The van der Waals surface area contributed by atoms with E-state index in [1.807, 2.05) is 0 Å². The van der Waals surface area contributed by atoms with E-state index in [2.05, 4.69) is 15.9 Å². The zero-order valence-electron chi connectivity index (χ0n) is 10.8. The lowest BCUT2D eigenvalue weighted by Gasteiger charge is -2.08. The summed E-state index contributed by atoms with van der Waals surface area (Å²) in [5, 5.41) is 0. The third kappa shape index (κ3) is 3.08. The molecule has 1 fully saturated rings. The van der Waals surface area contributed by atoms with Gasteiger partial charge in [-0.3, -0.25) is 0 Å². The van der Waals surface area contributed by atoms with Gasteiger partial charge in [0.2, 0.25) is 0 Å². The second-order valence-electron chi connectivity index (χ2n) is 4.80. The van der Waals surface area contributed by atoms with Gasteiger partial charge in [0, 0.05) is 10.2 Å². The predicted molar refractivity (Wildman–Crippen MR) is 71.5 cm³/mol. The molecule has 20 heavy (non-hydrogen) atoms. The third-order valence-corrected chi connectivity index (χ3v) is 3.39. The summed E-state index contributed by atoms with van der Waals surface area (Å²) in [4.78, 5) is 12.8. The van der Waals surface area contributed by atoms with E-state index in [0.29, 0.717) is 5.69 Å². The van der Waals surface area contributed by atoms with Gasteiger partial charge in [-0.15, -0.1) is 0 Å². The van der Waals surface area contributed by atoms with Gasteiger partial charge in [-0.25, -0.2) is 4.79 Å². The highest BCUT2D eigenvalue weighted by atomic mass is 79.9. The Bertz CT molecular complexity index is 501. The molecule has 0 N–H and O–H groups in total. The van der Waals surface area contributed by atoms with Gasteiger partial charge >= 0.3 is 12.1 Å². The van der Waals surface area contributed by atoms with Crippen molar-refractivity contribution in [3.05, 3.63) is 28.7 Å². The quantitative estimate of drug-likeness (QED) is 0.616. The van der Waals surface area contributed by atoms with Crippen LogP contribution in [0.3, 0.4) is 0 Å². The van der Waals surface area contributed by atoms with Crippen molar-refractivity contribution in [2.75, 3.05) is 4.90 Å². The van der Waals surface area contributed by atoms with E-state index in [-0.39, 0.29) is 0 Å². The topological polar surface area (TPSA) is 29.3 Å². The van der Waals surface area contributed by atoms with Crippen molar-refractivity contribution in [1.29, 1.82) is 0 Å². The molecular formula is C13H13BrF3NO2. The van der Waals surface area contributed by atoms with Crippen molar-refractivity contribution in [1.82, 2.24) is 0 Å². The van der Waals surface area contributed by atoms with Crippen LogP contribution in [-0.2, 0) is 9.53 Å². The van der Waals surface area contributed by atoms with Crippen LogP contribution >= 0.6 is 15.9 Å². The fourth-order valence-electron chi connectivity index (χ4n) is 2.05. The smallest absolute Gasteiger partial charge is 0.411 e. The molecule has 2 atom stereocenters. The van der Waals surface area contributed by atoms with Crippen molar-refractivity contribution in [2.45, 2.75) is 38.2 Å². The summed E-state index contributed by atoms with van der Waals surface area (Å²) in [7, 11) is 0. The molecule has 0 radical (unpaired) electrons. The van der Waals surface area contributed by atoms with Crippen molar-refractivity contribution < 1.29 is 22.7 Å². The summed E-state index contributed by atoms with van der Waals surface area (Å²) < 4.78 is 44.5. The highest BCUT2D eigenvalue weighted by Gasteiger charge is 2.67. The van der Waals surface area contributed by atoms with Gasteiger partial charge in [-0.05, 0) is 38.1 Å². The van der Waals surface area contributed by atoms with Gasteiger partial charge in [0.1, 0.15) is 0 Å². The van der Waals surface area contributed by atoms with Crippen molar-refractivity contribution >= 4 is 27.6 Å². The van der Waals surface area contributed by atoms with Gasteiger partial charge in [-0.2, -0.15) is 13.2 Å². The molecule has 1 saturated heterocycles. The van der Waals surface area contributed by atoms with Gasteiger partial charge < -0.3 is 9.64 Å². The first-order valence-corrected chi connectivity index (χ1v) is 6.82. The maximum absolute atomic E-state index is 12.9.